The number of nitrogens with zero attached hydrogens (tertiary/aromatic N) is 6. The summed E-state index contributed by atoms with van der Waals surface area (Å²) in [6.45, 7) is 2.21. The first kappa shape index (κ1) is 20.4. The molecule has 6 rings (SSSR count). The zero-order valence-electron chi connectivity index (χ0n) is 19.0. The highest BCUT2D eigenvalue weighted by atomic mass is 16.5. The number of nitrogens with two attached hydrogens (primary N) is 1. The molecule has 172 valence electrons. The standard InChI is InChI=1S/C24H29N7O2/c1-29-9-6-16(7-10-29)30(2)24-18-13-21(33-20(18)5-8-26-24)19-14-27-22-3-4-23(28-31(19)22)32-17-11-15(25)12-17/h3-5,8,13-17H,6-7,9-12,25H2,1-2H3/t15-,17-. The van der Waals surface area contributed by atoms with Gasteiger partial charge in [0.25, 0.3) is 0 Å². The van der Waals surface area contributed by atoms with Crippen LogP contribution < -0.4 is 15.4 Å². The highest BCUT2D eigenvalue weighted by Crippen LogP contribution is 2.34. The Morgan fingerprint density at radius 3 is 2.76 bits per heavy atom. The molecular weight excluding hydrogens is 418 g/mol. The van der Waals surface area contributed by atoms with Gasteiger partial charge in [-0.25, -0.2) is 14.5 Å². The Morgan fingerprint density at radius 1 is 1.15 bits per heavy atom. The zero-order chi connectivity index (χ0) is 22.5. The molecule has 9 heteroatoms. The van der Waals surface area contributed by atoms with Gasteiger partial charge in [0.1, 0.15) is 23.2 Å². The third-order valence-electron chi connectivity index (χ3n) is 7.00. The van der Waals surface area contributed by atoms with Crippen LogP contribution in [0.25, 0.3) is 28.1 Å². The summed E-state index contributed by atoms with van der Waals surface area (Å²) in [6.07, 6.45) is 7.71. The van der Waals surface area contributed by atoms with Crippen molar-refractivity contribution in [2.75, 3.05) is 32.1 Å². The highest BCUT2D eigenvalue weighted by molar-refractivity contribution is 5.92. The van der Waals surface area contributed by atoms with Crippen molar-refractivity contribution in [1.29, 1.82) is 0 Å². The molecule has 1 saturated heterocycles. The first-order chi connectivity index (χ1) is 16.0. The van der Waals surface area contributed by atoms with Crippen LogP contribution >= 0.6 is 0 Å². The second-order valence-electron chi connectivity index (χ2n) is 9.36. The molecule has 1 saturated carbocycles. The van der Waals surface area contributed by atoms with Crippen molar-refractivity contribution in [2.45, 2.75) is 43.9 Å². The van der Waals surface area contributed by atoms with E-state index < -0.39 is 0 Å². The maximum Gasteiger partial charge on any atom is 0.232 e. The van der Waals surface area contributed by atoms with Gasteiger partial charge in [-0.1, -0.05) is 0 Å². The molecule has 33 heavy (non-hydrogen) atoms. The second kappa shape index (κ2) is 8.00. The van der Waals surface area contributed by atoms with Crippen molar-refractivity contribution in [2.24, 2.45) is 5.73 Å². The van der Waals surface area contributed by atoms with E-state index in [0.29, 0.717) is 17.7 Å². The van der Waals surface area contributed by atoms with Gasteiger partial charge in [-0.15, -0.1) is 5.10 Å². The lowest BCUT2D eigenvalue weighted by atomic mass is 9.90. The monoisotopic (exact) mass is 447 g/mol. The Kier molecular flexibility index (Phi) is 4.95. The van der Waals surface area contributed by atoms with Crippen molar-refractivity contribution < 1.29 is 9.15 Å². The molecule has 1 aliphatic heterocycles. The molecule has 0 spiro atoms. The van der Waals surface area contributed by atoms with Gasteiger partial charge >= 0.3 is 0 Å². The van der Waals surface area contributed by atoms with Crippen LogP contribution in [0.2, 0.25) is 0 Å². The van der Waals surface area contributed by atoms with E-state index in [4.69, 9.17) is 19.9 Å². The number of likely N-dealkylation sites (tertiary alicyclic amines) is 1. The van der Waals surface area contributed by atoms with Gasteiger partial charge in [-0.05, 0) is 64.0 Å². The summed E-state index contributed by atoms with van der Waals surface area (Å²) < 4.78 is 14.0. The van der Waals surface area contributed by atoms with Gasteiger partial charge in [-0.3, -0.25) is 0 Å². The zero-order valence-corrected chi connectivity index (χ0v) is 19.0. The smallest absolute Gasteiger partial charge is 0.232 e. The molecular formula is C24H29N7O2. The molecule has 1 aliphatic carbocycles. The van der Waals surface area contributed by atoms with E-state index in [0.717, 1.165) is 66.9 Å². The van der Waals surface area contributed by atoms with Crippen LogP contribution in [-0.4, -0.2) is 69.9 Å². The van der Waals surface area contributed by atoms with Gasteiger partial charge in [0.2, 0.25) is 5.88 Å². The topological polar surface area (TPSA) is 98.0 Å². The molecule has 2 aliphatic rings. The summed E-state index contributed by atoms with van der Waals surface area (Å²) in [5.74, 6) is 2.22. The Labute approximate surface area is 192 Å². The van der Waals surface area contributed by atoms with E-state index in [9.17, 15) is 0 Å². The Bertz CT molecular complexity index is 1280. The van der Waals surface area contributed by atoms with Gasteiger partial charge in [0, 0.05) is 31.4 Å². The molecule has 9 nitrogen and oxygen atoms in total. The van der Waals surface area contributed by atoms with Crippen LogP contribution in [0.4, 0.5) is 5.82 Å². The number of piperidine rings is 1. The van der Waals surface area contributed by atoms with Gasteiger partial charge in [0.05, 0.1) is 11.6 Å². The molecule has 5 heterocycles. The third kappa shape index (κ3) is 3.71. The average molecular weight is 448 g/mol. The third-order valence-corrected chi connectivity index (χ3v) is 7.00. The van der Waals surface area contributed by atoms with Crippen molar-refractivity contribution in [1.82, 2.24) is 24.5 Å². The second-order valence-corrected chi connectivity index (χ2v) is 9.36. The number of rotatable bonds is 5. The first-order valence-electron chi connectivity index (χ1n) is 11.6. The molecule has 4 aromatic heterocycles. The van der Waals surface area contributed by atoms with Crippen molar-refractivity contribution in [3.05, 3.63) is 36.7 Å². The first-order valence-corrected chi connectivity index (χ1v) is 11.6. The fraction of sp³-hybridized carbons (Fsp3) is 0.458. The number of hydrogen-bond acceptors (Lipinski definition) is 8. The average Bonchev–Trinajstić information content (AvgIpc) is 3.41. The summed E-state index contributed by atoms with van der Waals surface area (Å²) in [5.41, 5.74) is 8.21. The Hall–Kier alpha value is -3.17. The number of fused-ring (bicyclic) bond motifs is 2. The molecule has 2 fully saturated rings. The van der Waals surface area contributed by atoms with E-state index in [-0.39, 0.29) is 12.1 Å². The highest BCUT2D eigenvalue weighted by Gasteiger charge is 2.28. The van der Waals surface area contributed by atoms with E-state index in [1.165, 1.54) is 0 Å². The van der Waals surface area contributed by atoms with Crippen molar-refractivity contribution in [3.8, 4) is 17.3 Å². The van der Waals surface area contributed by atoms with E-state index in [2.05, 4.69) is 34.0 Å². The number of ether oxygens (including phenoxy) is 1. The predicted octanol–water partition coefficient (Wildman–Crippen LogP) is 2.94. The number of imidazole rings is 1. The fourth-order valence-corrected chi connectivity index (χ4v) is 4.87. The fourth-order valence-electron chi connectivity index (χ4n) is 4.87. The molecule has 4 aromatic rings. The van der Waals surface area contributed by atoms with Gasteiger partial charge in [-0.2, -0.15) is 0 Å². The Morgan fingerprint density at radius 2 is 1.97 bits per heavy atom. The van der Waals surface area contributed by atoms with Gasteiger partial charge < -0.3 is 24.7 Å². The number of furan rings is 1. The Balaban J connectivity index is 1.33. The maximum absolute atomic E-state index is 6.25. The number of pyridine rings is 1. The summed E-state index contributed by atoms with van der Waals surface area (Å²) >= 11 is 0. The molecule has 0 amide bonds. The largest absolute Gasteiger partial charge is 0.473 e. The van der Waals surface area contributed by atoms with Gasteiger partial charge in [0.15, 0.2) is 11.4 Å². The van der Waals surface area contributed by atoms with Crippen LogP contribution in [0.3, 0.4) is 0 Å². The van der Waals surface area contributed by atoms with Crippen molar-refractivity contribution in [3.63, 3.8) is 0 Å². The summed E-state index contributed by atoms with van der Waals surface area (Å²) in [4.78, 5) is 13.9. The quantitative estimate of drug-likeness (QED) is 0.499. The number of aromatic nitrogens is 4. The molecule has 2 N–H and O–H groups in total. The van der Waals surface area contributed by atoms with E-state index >= 15 is 0 Å². The maximum atomic E-state index is 6.25. The lowest BCUT2D eigenvalue weighted by molar-refractivity contribution is 0.0944. The lowest BCUT2D eigenvalue weighted by Crippen LogP contribution is -2.43. The molecule has 0 bridgehead atoms. The molecule has 0 atom stereocenters. The lowest BCUT2D eigenvalue weighted by Gasteiger charge is -2.35. The van der Waals surface area contributed by atoms with E-state index in [1.54, 1.807) is 10.7 Å². The van der Waals surface area contributed by atoms with Crippen LogP contribution in [0.15, 0.2) is 41.1 Å². The number of hydrogen-bond donors (Lipinski definition) is 1. The minimum atomic E-state index is 0.131. The number of anilines is 1. The van der Waals surface area contributed by atoms with E-state index in [1.807, 2.05) is 30.5 Å². The summed E-state index contributed by atoms with van der Waals surface area (Å²) in [7, 11) is 4.31. The molecule has 0 radical (unpaired) electrons. The molecule has 0 unspecified atom stereocenters. The van der Waals surface area contributed by atoms with Crippen LogP contribution in [0.5, 0.6) is 5.88 Å². The van der Waals surface area contributed by atoms with Crippen LogP contribution in [-0.2, 0) is 0 Å². The van der Waals surface area contributed by atoms with Crippen LogP contribution in [0.1, 0.15) is 25.7 Å². The normalized spacial score (nSPS) is 22.0. The summed E-state index contributed by atoms with van der Waals surface area (Å²) in [5, 5.41) is 5.67. The minimum Gasteiger partial charge on any atom is -0.473 e. The minimum absolute atomic E-state index is 0.131. The molecule has 0 aromatic carbocycles. The van der Waals surface area contributed by atoms with Crippen molar-refractivity contribution >= 4 is 22.4 Å². The van der Waals surface area contributed by atoms with Crippen LogP contribution in [0, 0.1) is 0 Å². The predicted molar refractivity (Wildman–Crippen MR) is 127 cm³/mol. The SMILES string of the molecule is CN1CCC(N(C)c2nccc3oc(-c4cnc5ccc(O[C@H]6C[C@H](N)C6)nn45)cc23)CC1. The summed E-state index contributed by atoms with van der Waals surface area (Å²) in [6, 6.07) is 8.42.